The number of hydrogen-bond donors (Lipinski definition) is 2. The second-order valence-corrected chi connectivity index (χ2v) is 6.17. The molecule has 4 nitrogen and oxygen atoms in total. The molecule has 21 heavy (non-hydrogen) atoms. The highest BCUT2D eigenvalue weighted by atomic mass is 16.5. The fourth-order valence-electron chi connectivity index (χ4n) is 3.88. The topological polar surface area (TPSA) is 56.5 Å². The molecular weight excluding hydrogens is 264 g/mol. The maximum Gasteiger partial charge on any atom is 0.0894 e. The summed E-state index contributed by atoms with van der Waals surface area (Å²) in [4.78, 5) is 0. The normalized spacial score (nSPS) is 29.0. The van der Waals surface area contributed by atoms with Gasteiger partial charge in [-0.2, -0.15) is 0 Å². The smallest absolute Gasteiger partial charge is 0.0894 e. The average molecular weight is 290 g/mol. The lowest BCUT2D eigenvalue weighted by Gasteiger charge is -2.43. The second kappa shape index (κ2) is 6.44. The molecule has 116 valence electrons. The van der Waals surface area contributed by atoms with Crippen LogP contribution in [0.4, 0.5) is 0 Å². The first kappa shape index (κ1) is 15.0. The molecule has 0 spiro atoms. The maximum atomic E-state index is 6.19. The van der Waals surface area contributed by atoms with Crippen LogP contribution in [0.3, 0.4) is 0 Å². The van der Waals surface area contributed by atoms with Gasteiger partial charge in [-0.25, -0.2) is 0 Å². The molecule has 4 heteroatoms. The van der Waals surface area contributed by atoms with Gasteiger partial charge in [0.05, 0.1) is 11.6 Å². The Hall–Kier alpha value is -0.940. The minimum absolute atomic E-state index is 0.171. The van der Waals surface area contributed by atoms with Crippen molar-refractivity contribution in [2.24, 2.45) is 11.8 Å². The van der Waals surface area contributed by atoms with Gasteiger partial charge >= 0.3 is 0 Å². The second-order valence-electron chi connectivity index (χ2n) is 6.17. The first-order chi connectivity index (χ1) is 10.3. The molecule has 3 rings (SSSR count). The zero-order chi connectivity index (χ0) is 14.7. The Morgan fingerprint density at radius 3 is 2.67 bits per heavy atom. The number of rotatable bonds is 6. The summed E-state index contributed by atoms with van der Waals surface area (Å²) in [7, 11) is 0. The van der Waals surface area contributed by atoms with E-state index in [1.807, 2.05) is 0 Å². The first-order valence-electron chi connectivity index (χ1n) is 8.03. The highest BCUT2D eigenvalue weighted by Gasteiger charge is 2.53. The van der Waals surface area contributed by atoms with Crippen LogP contribution in [0.1, 0.15) is 37.7 Å². The number of nitrogens with one attached hydrogen (secondary N) is 1. The van der Waals surface area contributed by atoms with E-state index in [0.717, 1.165) is 32.7 Å². The Labute approximate surface area is 127 Å². The molecular formula is C17H26N2O2. The van der Waals surface area contributed by atoms with E-state index in [2.05, 4.69) is 42.7 Å². The molecule has 1 aliphatic heterocycles. The third-order valence-electron chi connectivity index (χ3n) is 5.01. The van der Waals surface area contributed by atoms with Crippen molar-refractivity contribution in [2.75, 3.05) is 19.8 Å². The van der Waals surface area contributed by atoms with Crippen molar-refractivity contribution in [3.05, 3.63) is 35.9 Å². The highest BCUT2D eigenvalue weighted by molar-refractivity contribution is 5.27. The lowest BCUT2D eigenvalue weighted by molar-refractivity contribution is -0.130. The van der Waals surface area contributed by atoms with Crippen molar-refractivity contribution in [3.63, 3.8) is 0 Å². The van der Waals surface area contributed by atoms with Gasteiger partial charge in [-0.1, -0.05) is 30.3 Å². The molecule has 1 saturated carbocycles. The molecule has 1 aliphatic carbocycles. The quantitative estimate of drug-likeness (QED) is 0.623. The number of ether oxygens (including phenoxy) is 2. The van der Waals surface area contributed by atoms with E-state index in [1.54, 1.807) is 0 Å². The standard InChI is InChI=1S/C17H26N2O2/c1-2-21-17(8-10-20-11-9-17)16(19-18)15-12-14(15)13-6-4-3-5-7-13/h3-7,14-16,19H,2,8-12,18H2,1H3. The minimum Gasteiger partial charge on any atom is -0.381 e. The van der Waals surface area contributed by atoms with Gasteiger partial charge in [0.2, 0.25) is 0 Å². The van der Waals surface area contributed by atoms with Gasteiger partial charge in [-0.05, 0) is 30.7 Å². The van der Waals surface area contributed by atoms with Crippen LogP contribution in [0.2, 0.25) is 0 Å². The van der Waals surface area contributed by atoms with Crippen molar-refractivity contribution in [1.82, 2.24) is 5.43 Å². The molecule has 1 heterocycles. The summed E-state index contributed by atoms with van der Waals surface area (Å²) < 4.78 is 11.7. The molecule has 0 amide bonds. The monoisotopic (exact) mass is 290 g/mol. The molecule has 3 atom stereocenters. The molecule has 2 fully saturated rings. The van der Waals surface area contributed by atoms with Crippen molar-refractivity contribution in [3.8, 4) is 0 Å². The van der Waals surface area contributed by atoms with Crippen LogP contribution in [-0.2, 0) is 9.47 Å². The molecule has 0 bridgehead atoms. The molecule has 1 aromatic rings. The number of nitrogens with two attached hydrogens (primary N) is 1. The summed E-state index contributed by atoms with van der Waals surface area (Å²) >= 11 is 0. The summed E-state index contributed by atoms with van der Waals surface area (Å²) in [6.07, 6.45) is 3.04. The Bertz CT molecular complexity index is 440. The van der Waals surface area contributed by atoms with E-state index in [9.17, 15) is 0 Å². The lowest BCUT2D eigenvalue weighted by atomic mass is 9.82. The Balaban J connectivity index is 1.75. The van der Waals surface area contributed by atoms with E-state index >= 15 is 0 Å². The van der Waals surface area contributed by atoms with Gasteiger partial charge in [0.15, 0.2) is 0 Å². The van der Waals surface area contributed by atoms with Crippen molar-refractivity contribution in [2.45, 2.75) is 43.7 Å². The predicted molar refractivity (Wildman–Crippen MR) is 82.8 cm³/mol. The zero-order valence-corrected chi connectivity index (χ0v) is 12.8. The Morgan fingerprint density at radius 2 is 2.05 bits per heavy atom. The van der Waals surface area contributed by atoms with Crippen LogP contribution in [0.15, 0.2) is 30.3 Å². The van der Waals surface area contributed by atoms with E-state index in [0.29, 0.717) is 11.8 Å². The molecule has 3 unspecified atom stereocenters. The lowest BCUT2D eigenvalue weighted by Crippen LogP contribution is -2.58. The highest BCUT2D eigenvalue weighted by Crippen LogP contribution is 2.53. The SMILES string of the molecule is CCOC1(C(NN)C2CC2c2ccccc2)CCOCC1. The third-order valence-corrected chi connectivity index (χ3v) is 5.01. The molecule has 0 radical (unpaired) electrons. The first-order valence-corrected chi connectivity index (χ1v) is 8.03. The fraction of sp³-hybridized carbons (Fsp3) is 0.647. The van der Waals surface area contributed by atoms with E-state index in [1.165, 1.54) is 12.0 Å². The largest absolute Gasteiger partial charge is 0.381 e. The van der Waals surface area contributed by atoms with Crippen LogP contribution >= 0.6 is 0 Å². The number of hydrazine groups is 1. The van der Waals surface area contributed by atoms with Gasteiger partial charge < -0.3 is 9.47 Å². The van der Waals surface area contributed by atoms with Gasteiger partial charge in [-0.15, -0.1) is 0 Å². The summed E-state index contributed by atoms with van der Waals surface area (Å²) in [6, 6.07) is 10.9. The van der Waals surface area contributed by atoms with Gasteiger partial charge in [-0.3, -0.25) is 11.3 Å². The van der Waals surface area contributed by atoms with Crippen LogP contribution in [0.25, 0.3) is 0 Å². The van der Waals surface area contributed by atoms with Gasteiger partial charge in [0, 0.05) is 32.7 Å². The number of hydrogen-bond acceptors (Lipinski definition) is 4. The Morgan fingerprint density at radius 1 is 1.33 bits per heavy atom. The van der Waals surface area contributed by atoms with Crippen LogP contribution in [-0.4, -0.2) is 31.5 Å². The van der Waals surface area contributed by atoms with Crippen molar-refractivity contribution < 1.29 is 9.47 Å². The summed E-state index contributed by atoms with van der Waals surface area (Å²) in [6.45, 7) is 4.31. The third kappa shape index (κ3) is 2.99. The molecule has 1 aromatic carbocycles. The van der Waals surface area contributed by atoms with Gasteiger partial charge in [0.1, 0.15) is 0 Å². The minimum atomic E-state index is -0.171. The predicted octanol–water partition coefficient (Wildman–Crippen LogP) is 2.21. The Kier molecular flexibility index (Phi) is 4.60. The summed E-state index contributed by atoms with van der Waals surface area (Å²) in [5, 5.41) is 0. The summed E-state index contributed by atoms with van der Waals surface area (Å²) in [5.74, 6) is 7.09. The van der Waals surface area contributed by atoms with E-state index < -0.39 is 0 Å². The van der Waals surface area contributed by atoms with Crippen LogP contribution < -0.4 is 11.3 Å². The van der Waals surface area contributed by atoms with E-state index in [-0.39, 0.29) is 11.6 Å². The van der Waals surface area contributed by atoms with Crippen LogP contribution in [0, 0.1) is 5.92 Å². The molecule has 1 saturated heterocycles. The molecule has 2 aliphatic rings. The maximum absolute atomic E-state index is 6.19. The number of benzene rings is 1. The van der Waals surface area contributed by atoms with Crippen molar-refractivity contribution in [1.29, 1.82) is 0 Å². The van der Waals surface area contributed by atoms with Crippen LogP contribution in [0.5, 0.6) is 0 Å². The van der Waals surface area contributed by atoms with E-state index in [4.69, 9.17) is 15.3 Å². The van der Waals surface area contributed by atoms with Crippen molar-refractivity contribution >= 4 is 0 Å². The molecule has 3 N–H and O–H groups in total. The summed E-state index contributed by atoms with van der Waals surface area (Å²) in [5.41, 5.74) is 4.33. The average Bonchev–Trinajstić information content (AvgIpc) is 3.30. The van der Waals surface area contributed by atoms with Gasteiger partial charge in [0.25, 0.3) is 0 Å². The zero-order valence-electron chi connectivity index (χ0n) is 12.8. The molecule has 0 aromatic heterocycles. The fourth-order valence-corrected chi connectivity index (χ4v) is 3.88.